The molecule has 0 saturated carbocycles. The zero-order valence-electron chi connectivity index (χ0n) is 14.2. The maximum Gasteiger partial charge on any atom is 0.147 e. The normalized spacial score (nSPS) is 16.9. The smallest absolute Gasteiger partial charge is 0.147 e. The number of nitrogens with zero attached hydrogens (tertiary/aromatic N) is 4. The van der Waals surface area contributed by atoms with Gasteiger partial charge in [0.2, 0.25) is 0 Å². The first-order chi connectivity index (χ1) is 11.7. The number of hydrogen-bond donors (Lipinski definition) is 1. The van der Waals surface area contributed by atoms with Gasteiger partial charge in [-0.25, -0.2) is 9.67 Å². The van der Waals surface area contributed by atoms with E-state index in [2.05, 4.69) is 33.4 Å². The summed E-state index contributed by atoms with van der Waals surface area (Å²) < 4.78 is 7.47. The van der Waals surface area contributed by atoms with E-state index in [0.29, 0.717) is 6.04 Å². The quantitative estimate of drug-likeness (QED) is 0.803. The molecule has 3 heterocycles. The fourth-order valence-electron chi connectivity index (χ4n) is 3.41. The highest BCUT2D eigenvalue weighted by atomic mass is 16.5. The molecule has 0 fully saturated rings. The molecule has 0 bridgehead atoms. The predicted molar refractivity (Wildman–Crippen MR) is 93.5 cm³/mol. The number of hydrogen-bond acceptors (Lipinski definition) is 5. The second-order valence-electron chi connectivity index (χ2n) is 6.31. The Morgan fingerprint density at radius 3 is 3.00 bits per heavy atom. The van der Waals surface area contributed by atoms with E-state index < -0.39 is 0 Å². The highest BCUT2D eigenvalue weighted by Gasteiger charge is 2.22. The average Bonchev–Trinajstić information content (AvgIpc) is 2.96. The standard InChI is InChI=1S/C18H21N5O/c1-11-9-19-18-14(5-4-6-15(18)24-3)17(11)21-13-7-8-16-20-12(2)22-23(16)10-13/h4-6,9,13H,7-8,10H2,1-3H3,(H,19,21)/t13-/m0/s1. The third-order valence-electron chi connectivity index (χ3n) is 4.58. The molecular weight excluding hydrogens is 302 g/mol. The largest absolute Gasteiger partial charge is 0.494 e. The first-order valence-corrected chi connectivity index (χ1v) is 8.25. The molecule has 2 aromatic heterocycles. The number of pyridine rings is 1. The lowest BCUT2D eigenvalue weighted by Gasteiger charge is -2.26. The van der Waals surface area contributed by atoms with Gasteiger partial charge in [-0.3, -0.25) is 4.98 Å². The molecule has 1 aliphatic heterocycles. The number of ether oxygens (including phenoxy) is 1. The van der Waals surface area contributed by atoms with Gasteiger partial charge in [0.05, 0.1) is 13.7 Å². The molecule has 124 valence electrons. The van der Waals surface area contributed by atoms with Crippen LogP contribution in [0.5, 0.6) is 5.75 Å². The lowest BCUT2D eigenvalue weighted by Crippen LogP contribution is -2.32. The van der Waals surface area contributed by atoms with Crippen molar-refractivity contribution >= 4 is 16.6 Å². The van der Waals surface area contributed by atoms with Gasteiger partial charge in [0.15, 0.2) is 0 Å². The monoisotopic (exact) mass is 323 g/mol. The number of aromatic nitrogens is 4. The van der Waals surface area contributed by atoms with E-state index in [1.54, 1.807) is 7.11 Å². The van der Waals surface area contributed by atoms with E-state index in [0.717, 1.165) is 58.9 Å². The molecule has 6 nitrogen and oxygen atoms in total. The van der Waals surface area contributed by atoms with Gasteiger partial charge in [-0.05, 0) is 31.9 Å². The molecule has 0 aliphatic carbocycles. The van der Waals surface area contributed by atoms with Crippen LogP contribution in [0.3, 0.4) is 0 Å². The molecular formula is C18H21N5O. The molecule has 1 aliphatic rings. The number of benzene rings is 1. The van der Waals surface area contributed by atoms with E-state index in [1.807, 2.05) is 29.9 Å². The Morgan fingerprint density at radius 1 is 1.29 bits per heavy atom. The van der Waals surface area contributed by atoms with Gasteiger partial charge >= 0.3 is 0 Å². The van der Waals surface area contributed by atoms with Gasteiger partial charge in [-0.15, -0.1) is 0 Å². The van der Waals surface area contributed by atoms with Crippen molar-refractivity contribution in [2.75, 3.05) is 12.4 Å². The molecule has 1 N–H and O–H groups in total. The zero-order chi connectivity index (χ0) is 16.7. The SMILES string of the molecule is COc1cccc2c(N[C@H]3CCc4nc(C)nn4C3)c(C)cnc12. The van der Waals surface area contributed by atoms with Gasteiger partial charge in [0, 0.05) is 29.7 Å². The van der Waals surface area contributed by atoms with E-state index in [-0.39, 0.29) is 0 Å². The molecule has 6 heteroatoms. The summed E-state index contributed by atoms with van der Waals surface area (Å²) in [5.41, 5.74) is 3.15. The summed E-state index contributed by atoms with van der Waals surface area (Å²) in [4.78, 5) is 9.03. The van der Waals surface area contributed by atoms with E-state index in [1.165, 1.54) is 0 Å². The van der Waals surface area contributed by atoms with Crippen molar-refractivity contribution in [3.8, 4) is 5.75 Å². The molecule has 0 radical (unpaired) electrons. The molecule has 24 heavy (non-hydrogen) atoms. The summed E-state index contributed by atoms with van der Waals surface area (Å²) in [6.07, 6.45) is 3.90. The maximum atomic E-state index is 5.45. The number of nitrogens with one attached hydrogen (secondary N) is 1. The molecule has 4 rings (SSSR count). The summed E-state index contributed by atoms with van der Waals surface area (Å²) in [5.74, 6) is 2.73. The van der Waals surface area contributed by atoms with Crippen LogP contribution in [0.25, 0.3) is 10.9 Å². The molecule has 0 saturated heterocycles. The molecule has 1 atom stereocenters. The lowest BCUT2D eigenvalue weighted by atomic mass is 10.0. The Morgan fingerprint density at radius 2 is 2.17 bits per heavy atom. The second kappa shape index (κ2) is 5.78. The van der Waals surface area contributed by atoms with Crippen LogP contribution >= 0.6 is 0 Å². The third kappa shape index (κ3) is 2.48. The second-order valence-corrected chi connectivity index (χ2v) is 6.31. The minimum Gasteiger partial charge on any atom is -0.494 e. The fourth-order valence-corrected chi connectivity index (χ4v) is 3.41. The number of fused-ring (bicyclic) bond motifs is 2. The Hall–Kier alpha value is -2.63. The fraction of sp³-hybridized carbons (Fsp3) is 0.389. The summed E-state index contributed by atoms with van der Waals surface area (Å²) in [7, 11) is 1.68. The Labute approximate surface area is 140 Å². The van der Waals surface area contributed by atoms with E-state index in [4.69, 9.17) is 4.74 Å². The Balaban J connectivity index is 1.69. The zero-order valence-corrected chi connectivity index (χ0v) is 14.2. The number of aryl methyl sites for hydroxylation is 3. The molecule has 3 aromatic rings. The van der Waals surface area contributed by atoms with Gasteiger partial charge in [0.25, 0.3) is 0 Å². The van der Waals surface area contributed by atoms with Crippen molar-refractivity contribution in [1.29, 1.82) is 0 Å². The number of para-hydroxylation sites is 1. The average molecular weight is 323 g/mol. The molecule has 1 aromatic carbocycles. The van der Waals surface area contributed by atoms with Gasteiger partial charge in [0.1, 0.15) is 22.9 Å². The topological polar surface area (TPSA) is 64.9 Å². The Kier molecular flexibility index (Phi) is 3.59. The van der Waals surface area contributed by atoms with E-state index >= 15 is 0 Å². The van der Waals surface area contributed by atoms with Crippen LogP contribution in [0.1, 0.15) is 23.6 Å². The minimum atomic E-state index is 0.328. The van der Waals surface area contributed by atoms with E-state index in [9.17, 15) is 0 Å². The molecule has 0 unspecified atom stereocenters. The Bertz CT molecular complexity index is 902. The van der Waals surface area contributed by atoms with Crippen molar-refractivity contribution < 1.29 is 4.74 Å². The number of rotatable bonds is 3. The highest BCUT2D eigenvalue weighted by Crippen LogP contribution is 2.32. The summed E-state index contributed by atoms with van der Waals surface area (Å²) in [6.45, 7) is 4.87. The number of methoxy groups -OCH3 is 1. The van der Waals surface area contributed by atoms with Crippen molar-refractivity contribution in [3.05, 3.63) is 41.6 Å². The lowest BCUT2D eigenvalue weighted by molar-refractivity contribution is 0.419. The van der Waals surface area contributed by atoms with Crippen LogP contribution in [0.4, 0.5) is 5.69 Å². The van der Waals surface area contributed by atoms with Crippen molar-refractivity contribution in [2.24, 2.45) is 0 Å². The van der Waals surface area contributed by atoms with Crippen LogP contribution in [0, 0.1) is 13.8 Å². The van der Waals surface area contributed by atoms with Crippen molar-refractivity contribution in [1.82, 2.24) is 19.7 Å². The van der Waals surface area contributed by atoms with Crippen LogP contribution in [-0.2, 0) is 13.0 Å². The molecule has 0 amide bonds. The molecule has 0 spiro atoms. The van der Waals surface area contributed by atoms with Crippen LogP contribution < -0.4 is 10.1 Å². The highest BCUT2D eigenvalue weighted by molar-refractivity contribution is 5.96. The van der Waals surface area contributed by atoms with Crippen LogP contribution in [0.2, 0.25) is 0 Å². The van der Waals surface area contributed by atoms with Crippen molar-refractivity contribution in [3.63, 3.8) is 0 Å². The minimum absolute atomic E-state index is 0.328. The third-order valence-corrected chi connectivity index (χ3v) is 4.58. The predicted octanol–water partition coefficient (Wildman–Crippen LogP) is 2.88. The van der Waals surface area contributed by atoms with Gasteiger partial charge in [-0.1, -0.05) is 12.1 Å². The number of anilines is 1. The summed E-state index contributed by atoms with van der Waals surface area (Å²) in [6, 6.07) is 6.37. The maximum absolute atomic E-state index is 5.45. The van der Waals surface area contributed by atoms with Crippen LogP contribution in [0.15, 0.2) is 24.4 Å². The first-order valence-electron chi connectivity index (χ1n) is 8.25. The first kappa shape index (κ1) is 14.9. The van der Waals surface area contributed by atoms with Crippen molar-refractivity contribution in [2.45, 2.75) is 39.3 Å². The summed E-state index contributed by atoms with van der Waals surface area (Å²) in [5, 5.41) is 9.29. The van der Waals surface area contributed by atoms with Crippen LogP contribution in [-0.4, -0.2) is 32.9 Å². The van der Waals surface area contributed by atoms with Gasteiger partial charge < -0.3 is 10.1 Å². The summed E-state index contributed by atoms with van der Waals surface area (Å²) >= 11 is 0. The van der Waals surface area contributed by atoms with Gasteiger partial charge in [-0.2, -0.15) is 5.10 Å².